The molecule has 21 heavy (non-hydrogen) atoms. The average molecular weight is 286 g/mol. The van der Waals surface area contributed by atoms with E-state index in [2.05, 4.69) is 38.1 Å². The van der Waals surface area contributed by atoms with Crippen LogP contribution < -0.4 is 4.74 Å². The molecule has 2 heteroatoms. The maximum atomic E-state index is 12.1. The van der Waals surface area contributed by atoms with Gasteiger partial charge in [-0.25, -0.2) is 0 Å². The van der Waals surface area contributed by atoms with Crippen LogP contribution in [-0.4, -0.2) is 11.9 Å². The van der Waals surface area contributed by atoms with E-state index in [9.17, 15) is 4.79 Å². The normalized spacial score (nSPS) is 25.4. The van der Waals surface area contributed by atoms with Gasteiger partial charge in [0.05, 0.1) is 5.41 Å². The first-order chi connectivity index (χ1) is 10.2. The molecule has 2 aliphatic carbocycles. The molecule has 1 aromatic carbocycles. The van der Waals surface area contributed by atoms with Crippen molar-refractivity contribution in [3.8, 4) is 5.75 Å². The van der Waals surface area contributed by atoms with Crippen molar-refractivity contribution in [3.05, 3.63) is 29.8 Å². The van der Waals surface area contributed by atoms with Gasteiger partial charge >= 0.3 is 0 Å². The minimum Gasteiger partial charge on any atom is -0.489 e. The first-order valence-electron chi connectivity index (χ1n) is 8.45. The standard InChI is InChI=1S/C19H26O2/c1-3-14(2)15-7-9-16(10-8-15)21-18-13-17(20)19(18)11-5-4-6-12-19/h7-10,14,18H,3-6,11-13H2,1-2H3. The topological polar surface area (TPSA) is 26.3 Å². The highest BCUT2D eigenvalue weighted by Crippen LogP contribution is 2.50. The van der Waals surface area contributed by atoms with Gasteiger partial charge in [-0.3, -0.25) is 4.79 Å². The van der Waals surface area contributed by atoms with Crippen LogP contribution >= 0.6 is 0 Å². The molecule has 2 unspecified atom stereocenters. The summed E-state index contributed by atoms with van der Waals surface area (Å²) in [6.07, 6.45) is 7.55. The number of carbonyl (C=O) groups excluding carboxylic acids is 1. The van der Waals surface area contributed by atoms with E-state index in [1.165, 1.54) is 24.8 Å². The van der Waals surface area contributed by atoms with Gasteiger partial charge in [0.25, 0.3) is 0 Å². The fraction of sp³-hybridized carbons (Fsp3) is 0.632. The van der Waals surface area contributed by atoms with Crippen molar-refractivity contribution >= 4 is 5.78 Å². The van der Waals surface area contributed by atoms with Crippen molar-refractivity contribution in [1.29, 1.82) is 0 Å². The summed E-state index contributed by atoms with van der Waals surface area (Å²) in [5.74, 6) is 1.95. The lowest BCUT2D eigenvalue weighted by Gasteiger charge is -2.49. The predicted octanol–water partition coefficient (Wildman–Crippen LogP) is 4.87. The monoisotopic (exact) mass is 286 g/mol. The second-order valence-corrected chi connectivity index (χ2v) is 6.83. The Kier molecular flexibility index (Phi) is 4.05. The first-order valence-corrected chi connectivity index (χ1v) is 8.45. The number of carbonyl (C=O) groups is 1. The molecule has 2 nitrogen and oxygen atoms in total. The quantitative estimate of drug-likeness (QED) is 0.789. The lowest BCUT2D eigenvalue weighted by molar-refractivity contribution is -0.156. The average Bonchev–Trinajstić information content (AvgIpc) is 2.55. The smallest absolute Gasteiger partial charge is 0.146 e. The van der Waals surface area contributed by atoms with E-state index in [-0.39, 0.29) is 11.5 Å². The molecule has 1 aromatic rings. The minimum absolute atomic E-state index is 0.111. The highest BCUT2D eigenvalue weighted by molar-refractivity contribution is 5.92. The largest absolute Gasteiger partial charge is 0.489 e. The predicted molar refractivity (Wildman–Crippen MR) is 84.7 cm³/mol. The lowest BCUT2D eigenvalue weighted by atomic mass is 9.57. The van der Waals surface area contributed by atoms with Crippen LogP contribution in [0.25, 0.3) is 0 Å². The van der Waals surface area contributed by atoms with E-state index < -0.39 is 0 Å². The summed E-state index contributed by atoms with van der Waals surface area (Å²) in [6, 6.07) is 8.47. The number of hydrogen-bond acceptors (Lipinski definition) is 2. The van der Waals surface area contributed by atoms with Crippen molar-refractivity contribution < 1.29 is 9.53 Å². The number of Topliss-reactive ketones (excluding diaryl/α,β-unsaturated/α-hetero) is 1. The Bertz CT molecular complexity index is 497. The molecule has 0 amide bonds. The number of benzene rings is 1. The summed E-state index contributed by atoms with van der Waals surface area (Å²) in [6.45, 7) is 4.46. The van der Waals surface area contributed by atoms with Crippen LogP contribution in [0.15, 0.2) is 24.3 Å². The van der Waals surface area contributed by atoms with Gasteiger partial charge in [-0.2, -0.15) is 0 Å². The Morgan fingerprint density at radius 2 is 1.86 bits per heavy atom. The minimum atomic E-state index is -0.145. The fourth-order valence-corrected chi connectivity index (χ4v) is 3.83. The van der Waals surface area contributed by atoms with Crippen molar-refractivity contribution in [1.82, 2.24) is 0 Å². The van der Waals surface area contributed by atoms with Gasteiger partial charge in [0, 0.05) is 6.42 Å². The SMILES string of the molecule is CCC(C)c1ccc(OC2CC(=O)C23CCCCC3)cc1. The molecular formula is C19H26O2. The van der Waals surface area contributed by atoms with E-state index in [1.807, 2.05) is 0 Å². The van der Waals surface area contributed by atoms with E-state index >= 15 is 0 Å². The third-order valence-electron chi connectivity index (χ3n) is 5.63. The van der Waals surface area contributed by atoms with E-state index in [1.54, 1.807) is 0 Å². The third kappa shape index (κ3) is 2.61. The van der Waals surface area contributed by atoms with Gasteiger partial charge in [0.2, 0.25) is 0 Å². The molecule has 0 heterocycles. The molecule has 0 bridgehead atoms. The summed E-state index contributed by atoms with van der Waals surface area (Å²) in [5, 5.41) is 0. The number of ether oxygens (including phenoxy) is 1. The Morgan fingerprint density at radius 3 is 2.43 bits per heavy atom. The molecule has 3 rings (SSSR count). The summed E-state index contributed by atoms with van der Waals surface area (Å²) in [7, 11) is 0. The second-order valence-electron chi connectivity index (χ2n) is 6.83. The summed E-state index contributed by atoms with van der Waals surface area (Å²) in [5.41, 5.74) is 1.22. The van der Waals surface area contributed by atoms with Crippen LogP contribution in [0.5, 0.6) is 5.75 Å². The maximum Gasteiger partial charge on any atom is 0.146 e. The Balaban J connectivity index is 1.68. The zero-order valence-corrected chi connectivity index (χ0v) is 13.2. The van der Waals surface area contributed by atoms with Gasteiger partial charge in [0.1, 0.15) is 17.6 Å². The Labute approximate surface area is 127 Å². The molecule has 0 aliphatic heterocycles. The van der Waals surface area contributed by atoms with E-state index in [0.717, 1.165) is 25.0 Å². The van der Waals surface area contributed by atoms with Gasteiger partial charge < -0.3 is 4.74 Å². The number of ketones is 1. The third-order valence-corrected chi connectivity index (χ3v) is 5.63. The van der Waals surface area contributed by atoms with Crippen LogP contribution in [0.1, 0.15) is 70.3 Å². The van der Waals surface area contributed by atoms with E-state index in [4.69, 9.17) is 4.74 Å². The van der Waals surface area contributed by atoms with Gasteiger partial charge in [-0.1, -0.05) is 45.2 Å². The van der Waals surface area contributed by atoms with Crippen LogP contribution in [0.4, 0.5) is 0 Å². The highest BCUT2D eigenvalue weighted by atomic mass is 16.5. The Morgan fingerprint density at radius 1 is 1.19 bits per heavy atom. The molecule has 0 radical (unpaired) electrons. The van der Waals surface area contributed by atoms with Crippen molar-refractivity contribution in [2.45, 2.75) is 70.8 Å². The highest BCUT2D eigenvalue weighted by Gasteiger charge is 2.56. The molecule has 0 aromatic heterocycles. The number of rotatable bonds is 4. The molecule has 2 aliphatic rings. The molecule has 0 saturated heterocycles. The summed E-state index contributed by atoms with van der Waals surface area (Å²) < 4.78 is 6.16. The van der Waals surface area contributed by atoms with Crippen molar-refractivity contribution in [2.24, 2.45) is 5.41 Å². The van der Waals surface area contributed by atoms with Gasteiger partial charge in [-0.05, 0) is 42.9 Å². The Hall–Kier alpha value is -1.31. The van der Waals surface area contributed by atoms with Crippen molar-refractivity contribution in [3.63, 3.8) is 0 Å². The van der Waals surface area contributed by atoms with E-state index in [0.29, 0.717) is 18.1 Å². The van der Waals surface area contributed by atoms with Crippen LogP contribution in [0.2, 0.25) is 0 Å². The molecule has 2 fully saturated rings. The van der Waals surface area contributed by atoms with Gasteiger partial charge in [-0.15, -0.1) is 0 Å². The van der Waals surface area contributed by atoms with Crippen LogP contribution in [0, 0.1) is 5.41 Å². The molecular weight excluding hydrogens is 260 g/mol. The molecule has 1 spiro atoms. The zero-order chi connectivity index (χ0) is 14.9. The molecule has 0 N–H and O–H groups in total. The molecule has 2 saturated carbocycles. The van der Waals surface area contributed by atoms with Crippen LogP contribution in [0.3, 0.4) is 0 Å². The fourth-order valence-electron chi connectivity index (χ4n) is 3.83. The zero-order valence-electron chi connectivity index (χ0n) is 13.2. The first kappa shape index (κ1) is 14.6. The van der Waals surface area contributed by atoms with Crippen LogP contribution in [-0.2, 0) is 4.79 Å². The van der Waals surface area contributed by atoms with Gasteiger partial charge in [0.15, 0.2) is 0 Å². The lowest BCUT2D eigenvalue weighted by Crippen LogP contribution is -2.57. The number of hydrogen-bond donors (Lipinski definition) is 0. The summed E-state index contributed by atoms with van der Waals surface area (Å²) >= 11 is 0. The maximum absolute atomic E-state index is 12.1. The molecule has 114 valence electrons. The summed E-state index contributed by atoms with van der Waals surface area (Å²) in [4.78, 5) is 12.1. The second kappa shape index (κ2) is 5.82. The van der Waals surface area contributed by atoms with Crippen molar-refractivity contribution in [2.75, 3.05) is 0 Å². The molecule has 2 atom stereocenters.